The molecule has 0 unspecified atom stereocenters. The van der Waals surface area contributed by atoms with Crippen LogP contribution in [0.5, 0.6) is 11.5 Å². The van der Waals surface area contributed by atoms with E-state index in [0.717, 1.165) is 50.7 Å². The molecule has 2 heterocycles. The molecule has 0 radical (unpaired) electrons. The van der Waals surface area contributed by atoms with Crippen LogP contribution in [0.15, 0.2) is 12.1 Å². The minimum atomic E-state index is 0.246. The summed E-state index contributed by atoms with van der Waals surface area (Å²) < 4.78 is 17.5. The van der Waals surface area contributed by atoms with Crippen molar-refractivity contribution in [2.45, 2.75) is 39.0 Å². The molecule has 128 valence electrons. The molecule has 0 saturated carbocycles. The Morgan fingerprint density at radius 3 is 3.04 bits per heavy atom. The summed E-state index contributed by atoms with van der Waals surface area (Å²) in [7, 11) is 2.14. The molecule has 2 aliphatic rings. The average Bonchev–Trinajstić information content (AvgIpc) is 2.88. The first-order valence-corrected chi connectivity index (χ1v) is 8.61. The molecule has 1 saturated heterocycles. The fraction of sp³-hybridized carbons (Fsp3) is 0.667. The Hall–Kier alpha value is -1.30. The highest BCUT2D eigenvalue weighted by atomic mass is 16.5. The molecule has 2 atom stereocenters. The lowest BCUT2D eigenvalue weighted by molar-refractivity contribution is -0.0182. The lowest BCUT2D eigenvalue weighted by Gasteiger charge is -2.30. The summed E-state index contributed by atoms with van der Waals surface area (Å²) in [6, 6.07) is 4.21. The number of ether oxygens (including phenoxy) is 3. The zero-order valence-electron chi connectivity index (χ0n) is 14.4. The van der Waals surface area contributed by atoms with Crippen LogP contribution in [0.25, 0.3) is 0 Å². The third-order valence-corrected chi connectivity index (χ3v) is 4.38. The lowest BCUT2D eigenvalue weighted by Crippen LogP contribution is -2.44. The van der Waals surface area contributed by atoms with Crippen LogP contribution in [0, 0.1) is 0 Å². The van der Waals surface area contributed by atoms with Crippen LogP contribution in [0.4, 0.5) is 0 Å². The molecule has 1 fully saturated rings. The van der Waals surface area contributed by atoms with E-state index in [0.29, 0.717) is 6.61 Å². The summed E-state index contributed by atoms with van der Waals surface area (Å²) in [6.45, 7) is 9.27. The number of likely N-dealkylation sites (N-methyl/N-ethyl adjacent to an activating group) is 1. The Morgan fingerprint density at radius 1 is 1.39 bits per heavy atom. The van der Waals surface area contributed by atoms with Crippen molar-refractivity contribution < 1.29 is 14.2 Å². The summed E-state index contributed by atoms with van der Waals surface area (Å²) in [5, 5.41) is 3.52. The number of nitrogens with one attached hydrogen (secondary N) is 1. The van der Waals surface area contributed by atoms with Crippen LogP contribution < -0.4 is 14.8 Å². The number of hydrogen-bond donors (Lipinski definition) is 1. The Bertz CT molecular complexity index is 535. The minimum absolute atomic E-state index is 0.246. The van der Waals surface area contributed by atoms with Crippen LogP contribution in [-0.2, 0) is 17.7 Å². The lowest BCUT2D eigenvalue weighted by atomic mass is 10.1. The Kier molecular flexibility index (Phi) is 5.41. The summed E-state index contributed by atoms with van der Waals surface area (Å²) in [5.74, 6) is 1.98. The number of hydrogen-bond acceptors (Lipinski definition) is 5. The van der Waals surface area contributed by atoms with Crippen LogP contribution in [0.2, 0.25) is 0 Å². The first-order valence-electron chi connectivity index (χ1n) is 8.61. The van der Waals surface area contributed by atoms with Gasteiger partial charge in [0.15, 0.2) is 0 Å². The summed E-state index contributed by atoms with van der Waals surface area (Å²) >= 11 is 0. The molecule has 2 aliphatic heterocycles. The van der Waals surface area contributed by atoms with Crippen molar-refractivity contribution >= 4 is 0 Å². The first kappa shape index (κ1) is 16.6. The van der Waals surface area contributed by atoms with E-state index >= 15 is 0 Å². The van der Waals surface area contributed by atoms with Gasteiger partial charge < -0.3 is 24.4 Å². The van der Waals surface area contributed by atoms with Crippen molar-refractivity contribution in [3.63, 3.8) is 0 Å². The standard InChI is InChI=1S/C18H28N2O3/c1-4-21-16-8-14-7-13(2)23-18(14)15(9-16)10-19-11-17-12-20(3)5-6-22-17/h8-9,13,17,19H,4-7,10-12H2,1-3H3/t13-,17-/m1/s1. The van der Waals surface area contributed by atoms with Crippen LogP contribution in [0.1, 0.15) is 25.0 Å². The normalized spacial score (nSPS) is 24.3. The van der Waals surface area contributed by atoms with E-state index < -0.39 is 0 Å². The van der Waals surface area contributed by atoms with Gasteiger partial charge in [-0.05, 0) is 33.0 Å². The molecule has 1 aromatic carbocycles. The van der Waals surface area contributed by atoms with Crippen molar-refractivity contribution in [3.05, 3.63) is 23.3 Å². The van der Waals surface area contributed by atoms with E-state index in [1.807, 2.05) is 6.92 Å². The number of benzene rings is 1. The number of nitrogens with zero attached hydrogens (tertiary/aromatic N) is 1. The van der Waals surface area contributed by atoms with Crippen molar-refractivity contribution in [3.8, 4) is 11.5 Å². The van der Waals surface area contributed by atoms with Crippen LogP contribution >= 0.6 is 0 Å². The van der Waals surface area contributed by atoms with E-state index in [1.165, 1.54) is 11.1 Å². The SMILES string of the molecule is CCOc1cc(CNC[C@@H]2CN(C)CCO2)c2c(c1)C[C@@H](C)O2. The Balaban J connectivity index is 1.62. The second kappa shape index (κ2) is 7.51. The summed E-state index contributed by atoms with van der Waals surface area (Å²) in [5.41, 5.74) is 2.44. The van der Waals surface area contributed by atoms with Gasteiger partial charge in [-0.15, -0.1) is 0 Å². The third-order valence-electron chi connectivity index (χ3n) is 4.38. The van der Waals surface area contributed by atoms with Gasteiger partial charge in [-0.2, -0.15) is 0 Å². The maximum absolute atomic E-state index is 6.00. The van der Waals surface area contributed by atoms with Gasteiger partial charge in [-0.1, -0.05) is 0 Å². The quantitative estimate of drug-likeness (QED) is 0.866. The summed E-state index contributed by atoms with van der Waals surface area (Å²) in [6.07, 6.45) is 1.47. The second-order valence-corrected chi connectivity index (χ2v) is 6.52. The highest BCUT2D eigenvalue weighted by Crippen LogP contribution is 2.36. The van der Waals surface area contributed by atoms with E-state index in [4.69, 9.17) is 14.2 Å². The second-order valence-electron chi connectivity index (χ2n) is 6.52. The summed E-state index contributed by atoms with van der Waals surface area (Å²) in [4.78, 5) is 2.31. The molecule has 1 N–H and O–H groups in total. The predicted molar refractivity (Wildman–Crippen MR) is 90.3 cm³/mol. The maximum Gasteiger partial charge on any atom is 0.127 e. The molecular formula is C18H28N2O3. The number of morpholine rings is 1. The fourth-order valence-corrected chi connectivity index (χ4v) is 3.32. The van der Waals surface area contributed by atoms with Crippen LogP contribution in [-0.4, -0.2) is 57.0 Å². The molecule has 23 heavy (non-hydrogen) atoms. The third kappa shape index (κ3) is 4.16. The average molecular weight is 320 g/mol. The van der Waals surface area contributed by atoms with E-state index in [2.05, 4.69) is 36.3 Å². The topological polar surface area (TPSA) is 43.0 Å². The number of rotatable bonds is 6. The van der Waals surface area contributed by atoms with Gasteiger partial charge in [-0.3, -0.25) is 0 Å². The zero-order valence-corrected chi connectivity index (χ0v) is 14.4. The van der Waals surface area contributed by atoms with Crippen molar-refractivity contribution in [1.82, 2.24) is 10.2 Å². The van der Waals surface area contributed by atoms with Crippen molar-refractivity contribution in [2.75, 3.05) is 39.9 Å². The highest BCUT2D eigenvalue weighted by molar-refractivity contribution is 5.49. The molecule has 3 rings (SSSR count). The minimum Gasteiger partial charge on any atom is -0.494 e. The molecule has 0 amide bonds. The molecule has 1 aromatic rings. The van der Waals surface area contributed by atoms with E-state index in [-0.39, 0.29) is 12.2 Å². The zero-order chi connectivity index (χ0) is 16.2. The van der Waals surface area contributed by atoms with Gasteiger partial charge >= 0.3 is 0 Å². The smallest absolute Gasteiger partial charge is 0.127 e. The van der Waals surface area contributed by atoms with E-state index in [1.54, 1.807) is 0 Å². The highest BCUT2D eigenvalue weighted by Gasteiger charge is 2.24. The molecule has 5 nitrogen and oxygen atoms in total. The van der Waals surface area contributed by atoms with Gasteiger partial charge in [0.1, 0.15) is 17.6 Å². The van der Waals surface area contributed by atoms with E-state index in [9.17, 15) is 0 Å². The molecule has 0 aliphatic carbocycles. The van der Waals surface area contributed by atoms with Gasteiger partial charge in [0.25, 0.3) is 0 Å². The molecule has 5 heteroatoms. The van der Waals surface area contributed by atoms with Gasteiger partial charge in [0.05, 0.1) is 19.3 Å². The largest absolute Gasteiger partial charge is 0.494 e. The molecular weight excluding hydrogens is 292 g/mol. The fourth-order valence-electron chi connectivity index (χ4n) is 3.32. The van der Waals surface area contributed by atoms with Crippen LogP contribution in [0.3, 0.4) is 0 Å². The van der Waals surface area contributed by atoms with Gasteiger partial charge in [0.2, 0.25) is 0 Å². The Labute approximate surface area is 138 Å². The molecule has 0 bridgehead atoms. The predicted octanol–water partition coefficient (Wildman–Crippen LogP) is 1.83. The maximum atomic E-state index is 6.00. The van der Waals surface area contributed by atoms with Gasteiger partial charge in [-0.25, -0.2) is 0 Å². The van der Waals surface area contributed by atoms with Crippen molar-refractivity contribution in [2.24, 2.45) is 0 Å². The monoisotopic (exact) mass is 320 g/mol. The van der Waals surface area contributed by atoms with Gasteiger partial charge in [0, 0.05) is 43.7 Å². The van der Waals surface area contributed by atoms with Crippen molar-refractivity contribution in [1.29, 1.82) is 0 Å². The number of fused-ring (bicyclic) bond motifs is 1. The first-order chi connectivity index (χ1) is 11.2. The Morgan fingerprint density at radius 2 is 2.26 bits per heavy atom. The molecule has 0 spiro atoms. The molecule has 0 aromatic heterocycles.